The van der Waals surface area contributed by atoms with E-state index in [0.29, 0.717) is 6.54 Å². The van der Waals surface area contributed by atoms with Crippen LogP contribution in [0.3, 0.4) is 0 Å². The summed E-state index contributed by atoms with van der Waals surface area (Å²) in [6.45, 7) is 11.7. The molecule has 1 aromatic rings. The van der Waals surface area contributed by atoms with Crippen LogP contribution in [-0.4, -0.2) is 61.4 Å². The number of benzene rings is 1. The van der Waals surface area contributed by atoms with Gasteiger partial charge in [0.05, 0.1) is 13.1 Å². The van der Waals surface area contributed by atoms with Crippen molar-refractivity contribution in [3.05, 3.63) is 35.4 Å². The van der Waals surface area contributed by atoms with Crippen molar-refractivity contribution in [1.29, 1.82) is 0 Å². The first-order chi connectivity index (χ1) is 12.5. The summed E-state index contributed by atoms with van der Waals surface area (Å²) >= 11 is 0. The van der Waals surface area contributed by atoms with E-state index in [0.717, 1.165) is 32.1 Å². The van der Waals surface area contributed by atoms with Crippen molar-refractivity contribution in [2.75, 3.05) is 39.8 Å². The summed E-state index contributed by atoms with van der Waals surface area (Å²) < 4.78 is 0. The average Bonchev–Trinajstić information content (AvgIpc) is 3.40. The van der Waals surface area contributed by atoms with Gasteiger partial charge < -0.3 is 15.1 Å². The van der Waals surface area contributed by atoms with Crippen molar-refractivity contribution in [2.24, 2.45) is 4.99 Å². The molecule has 1 saturated carbocycles. The molecule has 6 heteroatoms. The fourth-order valence-electron chi connectivity index (χ4n) is 3.48. The van der Waals surface area contributed by atoms with E-state index in [4.69, 9.17) is 4.99 Å². The van der Waals surface area contributed by atoms with E-state index in [-0.39, 0.29) is 35.3 Å². The van der Waals surface area contributed by atoms with Crippen LogP contribution in [0, 0.1) is 6.92 Å². The first kappa shape index (κ1) is 23.7. The Labute approximate surface area is 181 Å². The smallest absolute Gasteiger partial charge is 0.242 e. The lowest BCUT2D eigenvalue weighted by molar-refractivity contribution is -0.131. The SMILES string of the molecule is CCNC(=NCC1(c2ccccc2C)CC1)N(C)CC(=O)N(CC)CC.I. The van der Waals surface area contributed by atoms with E-state index in [1.807, 2.05) is 30.7 Å². The number of guanidine groups is 1. The van der Waals surface area contributed by atoms with Gasteiger partial charge in [-0.1, -0.05) is 24.3 Å². The van der Waals surface area contributed by atoms with Gasteiger partial charge in [-0.25, -0.2) is 0 Å². The fraction of sp³-hybridized carbons (Fsp3) is 0.619. The van der Waals surface area contributed by atoms with Gasteiger partial charge in [0.25, 0.3) is 0 Å². The number of nitrogens with zero attached hydrogens (tertiary/aromatic N) is 3. The van der Waals surface area contributed by atoms with E-state index in [1.165, 1.54) is 24.0 Å². The summed E-state index contributed by atoms with van der Waals surface area (Å²) in [5.74, 6) is 0.955. The number of aryl methyl sites for hydroxylation is 1. The highest BCUT2D eigenvalue weighted by molar-refractivity contribution is 14.0. The van der Waals surface area contributed by atoms with Gasteiger partial charge in [0, 0.05) is 32.1 Å². The van der Waals surface area contributed by atoms with E-state index < -0.39 is 0 Å². The van der Waals surface area contributed by atoms with Crippen molar-refractivity contribution in [3.8, 4) is 0 Å². The van der Waals surface area contributed by atoms with Crippen molar-refractivity contribution < 1.29 is 4.79 Å². The van der Waals surface area contributed by atoms with Gasteiger partial charge in [-0.2, -0.15) is 0 Å². The Morgan fingerprint density at radius 1 is 1.19 bits per heavy atom. The summed E-state index contributed by atoms with van der Waals surface area (Å²) in [7, 11) is 1.94. The number of hydrogen-bond donors (Lipinski definition) is 1. The molecular weight excluding hydrogens is 451 g/mol. The Bertz CT molecular complexity index is 639. The lowest BCUT2D eigenvalue weighted by atomic mass is 9.92. The molecule has 152 valence electrons. The molecule has 0 aliphatic heterocycles. The number of halogens is 1. The zero-order chi connectivity index (χ0) is 19.2. The Morgan fingerprint density at radius 2 is 1.81 bits per heavy atom. The number of likely N-dealkylation sites (N-methyl/N-ethyl adjacent to an activating group) is 2. The molecule has 0 saturated heterocycles. The molecule has 1 aliphatic rings. The third kappa shape index (κ3) is 6.09. The Kier molecular flexibility index (Phi) is 9.56. The third-order valence-corrected chi connectivity index (χ3v) is 5.29. The highest BCUT2D eigenvalue weighted by atomic mass is 127. The summed E-state index contributed by atoms with van der Waals surface area (Å²) in [6, 6.07) is 8.62. The van der Waals surface area contributed by atoms with Gasteiger partial charge in [-0.3, -0.25) is 9.79 Å². The molecule has 27 heavy (non-hydrogen) atoms. The largest absolute Gasteiger partial charge is 0.357 e. The Hall–Kier alpha value is -1.31. The molecule has 0 unspecified atom stereocenters. The van der Waals surface area contributed by atoms with Gasteiger partial charge in [0.2, 0.25) is 5.91 Å². The quantitative estimate of drug-likeness (QED) is 0.348. The van der Waals surface area contributed by atoms with Crippen molar-refractivity contribution in [3.63, 3.8) is 0 Å². The highest BCUT2D eigenvalue weighted by Crippen LogP contribution is 2.49. The molecule has 1 N–H and O–H groups in total. The maximum atomic E-state index is 12.4. The Balaban J connectivity index is 0.00000364. The van der Waals surface area contributed by atoms with Gasteiger partial charge in [0.1, 0.15) is 0 Å². The first-order valence-corrected chi connectivity index (χ1v) is 9.80. The number of hydrogen-bond acceptors (Lipinski definition) is 2. The average molecular weight is 486 g/mol. The molecule has 1 aromatic carbocycles. The van der Waals surface area contributed by atoms with Gasteiger partial charge >= 0.3 is 0 Å². The molecule has 2 rings (SSSR count). The second kappa shape index (κ2) is 10.9. The Morgan fingerprint density at radius 3 is 2.33 bits per heavy atom. The monoisotopic (exact) mass is 486 g/mol. The maximum absolute atomic E-state index is 12.4. The molecule has 5 nitrogen and oxygen atoms in total. The van der Waals surface area contributed by atoms with Crippen LogP contribution in [0.1, 0.15) is 44.7 Å². The van der Waals surface area contributed by atoms with Crippen LogP contribution in [0.4, 0.5) is 0 Å². The van der Waals surface area contributed by atoms with Crippen molar-refractivity contribution >= 4 is 35.8 Å². The number of carbonyl (C=O) groups is 1. The molecule has 0 aromatic heterocycles. The molecule has 0 spiro atoms. The summed E-state index contributed by atoms with van der Waals surface area (Å²) in [5, 5.41) is 3.33. The topological polar surface area (TPSA) is 47.9 Å². The van der Waals surface area contributed by atoms with Crippen LogP contribution in [0.25, 0.3) is 0 Å². The molecular formula is C21H35IN4O. The number of aliphatic imine (C=N–C) groups is 1. The highest BCUT2D eigenvalue weighted by Gasteiger charge is 2.45. The first-order valence-electron chi connectivity index (χ1n) is 9.80. The van der Waals surface area contributed by atoms with Crippen molar-refractivity contribution in [1.82, 2.24) is 15.1 Å². The predicted molar refractivity (Wildman–Crippen MR) is 124 cm³/mol. The van der Waals surface area contributed by atoms with Crippen LogP contribution in [0.2, 0.25) is 0 Å². The van der Waals surface area contributed by atoms with Crippen LogP contribution in [0.5, 0.6) is 0 Å². The minimum absolute atomic E-state index is 0. The van der Waals surface area contributed by atoms with Gasteiger partial charge in [-0.15, -0.1) is 24.0 Å². The van der Waals surface area contributed by atoms with Crippen molar-refractivity contribution in [2.45, 2.75) is 46.0 Å². The lowest BCUT2D eigenvalue weighted by Gasteiger charge is -2.26. The number of rotatable bonds is 8. The fourth-order valence-corrected chi connectivity index (χ4v) is 3.48. The number of carbonyl (C=O) groups excluding carboxylic acids is 1. The predicted octanol–water partition coefficient (Wildman–Crippen LogP) is 3.41. The second-order valence-electron chi connectivity index (χ2n) is 7.19. The minimum Gasteiger partial charge on any atom is -0.357 e. The lowest BCUT2D eigenvalue weighted by Crippen LogP contribution is -2.46. The van der Waals surface area contributed by atoms with E-state index in [1.54, 1.807) is 0 Å². The number of nitrogens with one attached hydrogen (secondary N) is 1. The molecule has 0 atom stereocenters. The normalized spacial score (nSPS) is 14.9. The van der Waals surface area contributed by atoms with Gasteiger partial charge in [-0.05, 0) is 51.7 Å². The van der Waals surface area contributed by atoms with Crippen LogP contribution < -0.4 is 5.32 Å². The molecule has 0 radical (unpaired) electrons. The van der Waals surface area contributed by atoms with Crippen LogP contribution in [0.15, 0.2) is 29.3 Å². The molecule has 1 amide bonds. The van der Waals surface area contributed by atoms with Gasteiger partial charge in [0.15, 0.2) is 5.96 Å². The summed E-state index contributed by atoms with van der Waals surface area (Å²) in [5.41, 5.74) is 2.94. The summed E-state index contributed by atoms with van der Waals surface area (Å²) in [4.78, 5) is 21.1. The molecule has 1 fully saturated rings. The molecule has 0 heterocycles. The minimum atomic E-state index is 0. The standard InChI is InChI=1S/C21H34N4O.HI/c1-6-22-20(24(5)15-19(26)25(7-2)8-3)23-16-21(13-14-21)18-12-10-9-11-17(18)4;/h9-12H,6-8,13-16H2,1-5H3,(H,22,23);1H. The van der Waals surface area contributed by atoms with E-state index >= 15 is 0 Å². The van der Waals surface area contributed by atoms with E-state index in [9.17, 15) is 4.79 Å². The third-order valence-electron chi connectivity index (χ3n) is 5.29. The molecule has 1 aliphatic carbocycles. The zero-order valence-electron chi connectivity index (χ0n) is 17.4. The number of amides is 1. The van der Waals surface area contributed by atoms with Crippen LogP contribution >= 0.6 is 24.0 Å². The summed E-state index contributed by atoms with van der Waals surface area (Å²) in [6.07, 6.45) is 2.37. The maximum Gasteiger partial charge on any atom is 0.242 e. The second-order valence-corrected chi connectivity index (χ2v) is 7.19. The molecule has 0 bridgehead atoms. The zero-order valence-corrected chi connectivity index (χ0v) is 19.7. The van der Waals surface area contributed by atoms with E-state index in [2.05, 4.69) is 43.4 Å². The van der Waals surface area contributed by atoms with Crippen LogP contribution in [-0.2, 0) is 10.2 Å².